The van der Waals surface area contributed by atoms with Crippen LogP contribution in [0.3, 0.4) is 0 Å². The van der Waals surface area contributed by atoms with E-state index in [9.17, 15) is 9.59 Å². The highest BCUT2D eigenvalue weighted by molar-refractivity contribution is 6.30. The number of aromatic nitrogens is 1. The molecule has 0 saturated carbocycles. The van der Waals surface area contributed by atoms with E-state index in [-0.39, 0.29) is 23.1 Å². The second-order valence-corrected chi connectivity index (χ2v) is 4.63. The third-order valence-electron chi connectivity index (χ3n) is 2.75. The second kappa shape index (κ2) is 6.36. The molecular formula is C14H13ClN2O3. The van der Waals surface area contributed by atoms with Gasteiger partial charge in [0.05, 0.1) is 12.2 Å². The second-order valence-electron chi connectivity index (χ2n) is 4.23. The molecule has 20 heavy (non-hydrogen) atoms. The van der Waals surface area contributed by atoms with Crippen molar-refractivity contribution in [2.45, 2.75) is 13.2 Å². The molecule has 3 N–H and O–H groups in total. The molecule has 6 heteroatoms. The van der Waals surface area contributed by atoms with Crippen molar-refractivity contribution in [1.82, 2.24) is 10.3 Å². The van der Waals surface area contributed by atoms with Crippen LogP contribution in [-0.2, 0) is 13.2 Å². The number of halogens is 1. The molecule has 0 saturated heterocycles. The van der Waals surface area contributed by atoms with E-state index in [0.29, 0.717) is 6.54 Å². The average molecular weight is 293 g/mol. The predicted molar refractivity (Wildman–Crippen MR) is 75.6 cm³/mol. The molecule has 0 spiro atoms. The molecule has 0 fully saturated rings. The summed E-state index contributed by atoms with van der Waals surface area (Å²) in [5.74, 6) is -0.336. The summed E-state index contributed by atoms with van der Waals surface area (Å²) >= 11 is 5.66. The van der Waals surface area contributed by atoms with Crippen LogP contribution in [0, 0.1) is 0 Å². The van der Waals surface area contributed by atoms with Gasteiger partial charge < -0.3 is 15.4 Å². The third kappa shape index (κ3) is 3.46. The van der Waals surface area contributed by atoms with Crippen LogP contribution in [0.1, 0.15) is 21.5 Å². The molecule has 0 atom stereocenters. The van der Waals surface area contributed by atoms with Crippen LogP contribution in [0.5, 0.6) is 0 Å². The minimum absolute atomic E-state index is 0.0278. The van der Waals surface area contributed by atoms with Crippen molar-refractivity contribution < 1.29 is 9.90 Å². The van der Waals surface area contributed by atoms with Crippen LogP contribution in [0.2, 0.25) is 5.02 Å². The number of pyridine rings is 1. The first-order valence-corrected chi connectivity index (χ1v) is 6.33. The highest BCUT2D eigenvalue weighted by Crippen LogP contribution is 2.07. The summed E-state index contributed by atoms with van der Waals surface area (Å²) in [6, 6.07) is 8.58. The molecule has 0 unspecified atom stereocenters. The molecule has 1 heterocycles. The summed E-state index contributed by atoms with van der Waals surface area (Å²) in [5, 5.41) is 11.7. The number of aliphatic hydroxyl groups is 1. The minimum atomic E-state index is -0.432. The van der Waals surface area contributed by atoms with E-state index in [1.54, 1.807) is 12.1 Å². The topological polar surface area (TPSA) is 82.2 Å². The Kier molecular flexibility index (Phi) is 4.55. The SMILES string of the molecule is O=C(NCc1cccc(CO)c1)c1c[nH]c(=O)c(Cl)c1. The Morgan fingerprint density at radius 3 is 2.75 bits per heavy atom. The molecule has 0 bridgehead atoms. The summed E-state index contributed by atoms with van der Waals surface area (Å²) in [7, 11) is 0. The normalized spacial score (nSPS) is 10.3. The lowest BCUT2D eigenvalue weighted by Gasteiger charge is -2.06. The minimum Gasteiger partial charge on any atom is -0.392 e. The van der Waals surface area contributed by atoms with E-state index >= 15 is 0 Å². The predicted octanol–water partition coefficient (Wildman–Crippen LogP) is 1.45. The maximum Gasteiger partial charge on any atom is 0.266 e. The average Bonchev–Trinajstić information content (AvgIpc) is 2.47. The van der Waals surface area contributed by atoms with Gasteiger partial charge in [-0.2, -0.15) is 0 Å². The van der Waals surface area contributed by atoms with Gasteiger partial charge in [-0.25, -0.2) is 0 Å². The van der Waals surface area contributed by atoms with Crippen molar-refractivity contribution >= 4 is 17.5 Å². The standard InChI is InChI=1S/C14H13ClN2O3/c15-12-5-11(7-17-14(12)20)13(19)16-6-9-2-1-3-10(4-9)8-18/h1-5,7,18H,6,8H2,(H,16,19)(H,17,20). The molecule has 0 aliphatic rings. The first-order valence-electron chi connectivity index (χ1n) is 5.95. The molecule has 0 radical (unpaired) electrons. The maximum atomic E-state index is 11.9. The van der Waals surface area contributed by atoms with Gasteiger partial charge in [0.25, 0.3) is 11.5 Å². The fraction of sp³-hybridized carbons (Fsp3) is 0.143. The summed E-state index contributed by atoms with van der Waals surface area (Å²) in [4.78, 5) is 25.4. The number of carbonyl (C=O) groups excluding carboxylic acids is 1. The first-order chi connectivity index (χ1) is 9.60. The Balaban J connectivity index is 2.04. The van der Waals surface area contributed by atoms with Gasteiger partial charge in [-0.15, -0.1) is 0 Å². The van der Waals surface area contributed by atoms with Crippen LogP contribution in [-0.4, -0.2) is 16.0 Å². The van der Waals surface area contributed by atoms with Crippen LogP contribution in [0.4, 0.5) is 0 Å². The molecule has 104 valence electrons. The molecule has 2 rings (SSSR count). The smallest absolute Gasteiger partial charge is 0.266 e. The van der Waals surface area contributed by atoms with Crippen LogP contribution in [0.25, 0.3) is 0 Å². The molecule has 5 nitrogen and oxygen atoms in total. The van der Waals surface area contributed by atoms with Crippen molar-refractivity contribution in [1.29, 1.82) is 0 Å². The number of hydrogen-bond acceptors (Lipinski definition) is 3. The van der Waals surface area contributed by atoms with Crippen molar-refractivity contribution in [2.24, 2.45) is 0 Å². The van der Waals surface area contributed by atoms with Gasteiger partial charge in [0.15, 0.2) is 0 Å². The van der Waals surface area contributed by atoms with E-state index in [1.807, 2.05) is 12.1 Å². The maximum absolute atomic E-state index is 11.9. The Bertz CT molecular complexity index is 682. The number of aliphatic hydroxyl groups excluding tert-OH is 1. The fourth-order valence-electron chi connectivity index (χ4n) is 1.71. The largest absolute Gasteiger partial charge is 0.392 e. The Morgan fingerprint density at radius 1 is 1.30 bits per heavy atom. The van der Waals surface area contributed by atoms with Gasteiger partial charge >= 0.3 is 0 Å². The van der Waals surface area contributed by atoms with Crippen LogP contribution >= 0.6 is 11.6 Å². The molecular weight excluding hydrogens is 280 g/mol. The van der Waals surface area contributed by atoms with Gasteiger partial charge in [-0.1, -0.05) is 35.9 Å². The first kappa shape index (κ1) is 14.3. The number of carbonyl (C=O) groups is 1. The monoisotopic (exact) mass is 292 g/mol. The van der Waals surface area contributed by atoms with E-state index < -0.39 is 5.56 Å². The lowest BCUT2D eigenvalue weighted by Crippen LogP contribution is -2.24. The van der Waals surface area contributed by atoms with Gasteiger partial charge in [-0.05, 0) is 17.2 Å². The number of amides is 1. The molecule has 1 aromatic carbocycles. The van der Waals surface area contributed by atoms with Gasteiger partial charge in [0.2, 0.25) is 0 Å². The summed E-state index contributed by atoms with van der Waals surface area (Å²) in [6.07, 6.45) is 1.31. The number of benzene rings is 1. The lowest BCUT2D eigenvalue weighted by atomic mass is 10.1. The summed E-state index contributed by atoms with van der Waals surface area (Å²) < 4.78 is 0. The van der Waals surface area contributed by atoms with E-state index in [4.69, 9.17) is 16.7 Å². The highest BCUT2D eigenvalue weighted by atomic mass is 35.5. The zero-order valence-corrected chi connectivity index (χ0v) is 11.3. The number of aromatic amines is 1. The van der Waals surface area contributed by atoms with Gasteiger partial charge in [0.1, 0.15) is 5.02 Å². The van der Waals surface area contributed by atoms with E-state index in [1.165, 1.54) is 12.3 Å². The molecule has 1 amide bonds. The fourth-order valence-corrected chi connectivity index (χ4v) is 1.88. The number of nitrogens with one attached hydrogen (secondary N) is 2. The van der Waals surface area contributed by atoms with Crippen molar-refractivity contribution in [3.05, 3.63) is 68.6 Å². The number of H-pyrrole nitrogens is 1. The van der Waals surface area contributed by atoms with Gasteiger partial charge in [-0.3, -0.25) is 9.59 Å². The number of hydrogen-bond donors (Lipinski definition) is 3. The van der Waals surface area contributed by atoms with Crippen LogP contribution in [0.15, 0.2) is 41.3 Å². The van der Waals surface area contributed by atoms with Crippen molar-refractivity contribution in [2.75, 3.05) is 0 Å². The van der Waals surface area contributed by atoms with Crippen molar-refractivity contribution in [3.8, 4) is 0 Å². The Morgan fingerprint density at radius 2 is 2.05 bits per heavy atom. The van der Waals surface area contributed by atoms with Gasteiger partial charge in [0, 0.05) is 12.7 Å². The lowest BCUT2D eigenvalue weighted by molar-refractivity contribution is 0.0950. The highest BCUT2D eigenvalue weighted by Gasteiger charge is 2.07. The Labute approximate surface area is 120 Å². The number of rotatable bonds is 4. The molecule has 0 aliphatic heterocycles. The van der Waals surface area contributed by atoms with Crippen molar-refractivity contribution in [3.63, 3.8) is 0 Å². The van der Waals surface area contributed by atoms with Crippen LogP contribution < -0.4 is 10.9 Å². The zero-order valence-electron chi connectivity index (χ0n) is 10.5. The Hall–Kier alpha value is -2.11. The summed E-state index contributed by atoms with van der Waals surface area (Å²) in [5.41, 5.74) is 1.51. The quantitative estimate of drug-likeness (QED) is 0.798. The molecule has 1 aromatic heterocycles. The molecule has 0 aliphatic carbocycles. The summed E-state index contributed by atoms with van der Waals surface area (Å²) in [6.45, 7) is 0.279. The van der Waals surface area contributed by atoms with E-state index in [0.717, 1.165) is 11.1 Å². The third-order valence-corrected chi connectivity index (χ3v) is 3.03. The van der Waals surface area contributed by atoms with E-state index in [2.05, 4.69) is 10.3 Å². The molecule has 2 aromatic rings. The zero-order chi connectivity index (χ0) is 14.5.